The van der Waals surface area contributed by atoms with E-state index in [-0.39, 0.29) is 11.4 Å². The van der Waals surface area contributed by atoms with Crippen LogP contribution in [0.15, 0.2) is 41.5 Å². The molecular formula is C18H15F2N3OS. The van der Waals surface area contributed by atoms with E-state index in [0.717, 1.165) is 23.8 Å². The first kappa shape index (κ1) is 17.2. The molecule has 7 heteroatoms. The molecule has 2 heterocycles. The molecule has 25 heavy (non-hydrogen) atoms. The molecule has 0 fully saturated rings. The van der Waals surface area contributed by atoms with E-state index in [1.165, 1.54) is 11.5 Å². The third-order valence-electron chi connectivity index (χ3n) is 4.24. The van der Waals surface area contributed by atoms with Gasteiger partial charge in [-0.25, -0.2) is 8.78 Å². The van der Waals surface area contributed by atoms with E-state index >= 15 is 0 Å². The van der Waals surface area contributed by atoms with Gasteiger partial charge in [0, 0.05) is 30.4 Å². The fourth-order valence-electron chi connectivity index (χ4n) is 2.56. The van der Waals surface area contributed by atoms with Crippen molar-refractivity contribution < 1.29 is 8.78 Å². The Hall–Kier alpha value is -2.59. The maximum absolute atomic E-state index is 13.5. The Bertz CT molecular complexity index is 1030. The minimum Gasteiger partial charge on any atom is -0.298 e. The molecular weight excluding hydrogens is 344 g/mol. The summed E-state index contributed by atoms with van der Waals surface area (Å²) in [6.07, 6.45) is 3.14. The minimum absolute atomic E-state index is 0.0436. The Morgan fingerprint density at radius 3 is 2.84 bits per heavy atom. The molecule has 0 radical (unpaired) electrons. The zero-order valence-corrected chi connectivity index (χ0v) is 14.5. The summed E-state index contributed by atoms with van der Waals surface area (Å²) < 4.78 is 29.0. The molecule has 2 aromatic heterocycles. The third-order valence-corrected chi connectivity index (χ3v) is 5.18. The molecule has 0 spiro atoms. The highest BCUT2D eigenvalue weighted by atomic mass is 32.1. The van der Waals surface area contributed by atoms with Crippen molar-refractivity contribution in [1.29, 1.82) is 5.26 Å². The molecule has 0 saturated heterocycles. The van der Waals surface area contributed by atoms with Gasteiger partial charge in [-0.3, -0.25) is 14.3 Å². The second-order valence-corrected chi connectivity index (χ2v) is 7.04. The van der Waals surface area contributed by atoms with Gasteiger partial charge in [0.05, 0.1) is 21.8 Å². The van der Waals surface area contributed by atoms with E-state index < -0.39 is 11.8 Å². The number of aromatic nitrogens is 2. The number of pyridine rings is 1. The van der Waals surface area contributed by atoms with Crippen LogP contribution in [0.1, 0.15) is 19.4 Å². The van der Waals surface area contributed by atoms with Gasteiger partial charge in [0.15, 0.2) is 0 Å². The lowest BCUT2D eigenvalue weighted by Crippen LogP contribution is -2.28. The topological polar surface area (TPSA) is 58.7 Å². The standard InChI is InChI=1S/C18H15F2N3OS/c1-11(18(2,19)20)10-23-15-4-3-12(7-16(15)25-17(23)24)14-9-22-6-5-13(14)8-21/h3-7,9,11H,10H2,1-2H3. The Balaban J connectivity index is 2.07. The van der Waals surface area contributed by atoms with Crippen molar-refractivity contribution in [3.63, 3.8) is 0 Å². The first-order valence-corrected chi connectivity index (χ1v) is 8.48. The van der Waals surface area contributed by atoms with Gasteiger partial charge in [0.1, 0.15) is 0 Å². The van der Waals surface area contributed by atoms with Crippen molar-refractivity contribution in [1.82, 2.24) is 9.55 Å². The minimum atomic E-state index is -2.86. The van der Waals surface area contributed by atoms with Crippen molar-refractivity contribution in [3.8, 4) is 17.2 Å². The summed E-state index contributed by atoms with van der Waals surface area (Å²) in [7, 11) is 0. The molecule has 0 aliphatic carbocycles. The number of hydrogen-bond donors (Lipinski definition) is 0. The quantitative estimate of drug-likeness (QED) is 0.698. The Morgan fingerprint density at radius 2 is 2.16 bits per heavy atom. The second-order valence-electron chi connectivity index (χ2n) is 6.05. The molecule has 1 unspecified atom stereocenters. The van der Waals surface area contributed by atoms with Gasteiger partial charge in [0.25, 0.3) is 0 Å². The summed E-state index contributed by atoms with van der Waals surface area (Å²) in [6, 6.07) is 9.04. The van der Waals surface area contributed by atoms with Crippen LogP contribution in [0.25, 0.3) is 21.3 Å². The number of alkyl halides is 2. The first-order chi connectivity index (χ1) is 11.8. The van der Waals surface area contributed by atoms with Gasteiger partial charge in [0.2, 0.25) is 5.92 Å². The van der Waals surface area contributed by atoms with Crippen LogP contribution >= 0.6 is 11.3 Å². The van der Waals surface area contributed by atoms with Crippen molar-refractivity contribution in [2.75, 3.05) is 0 Å². The third kappa shape index (κ3) is 3.30. The highest BCUT2D eigenvalue weighted by Crippen LogP contribution is 2.30. The molecule has 0 bridgehead atoms. The molecule has 3 rings (SSSR count). The van der Waals surface area contributed by atoms with Crippen LogP contribution in [0.4, 0.5) is 8.78 Å². The first-order valence-electron chi connectivity index (χ1n) is 7.67. The lowest BCUT2D eigenvalue weighted by molar-refractivity contribution is -0.0381. The fraction of sp³-hybridized carbons (Fsp3) is 0.278. The molecule has 128 valence electrons. The van der Waals surface area contributed by atoms with Crippen molar-refractivity contribution in [2.24, 2.45) is 5.92 Å². The predicted molar refractivity (Wildman–Crippen MR) is 93.8 cm³/mol. The average molecular weight is 359 g/mol. The van der Waals surface area contributed by atoms with Gasteiger partial charge in [-0.2, -0.15) is 5.26 Å². The summed E-state index contributed by atoms with van der Waals surface area (Å²) in [4.78, 5) is 16.0. The van der Waals surface area contributed by atoms with E-state index in [2.05, 4.69) is 11.1 Å². The van der Waals surface area contributed by atoms with Gasteiger partial charge >= 0.3 is 4.87 Å². The second kappa shape index (κ2) is 6.37. The van der Waals surface area contributed by atoms with Crippen LogP contribution in [-0.4, -0.2) is 15.5 Å². The predicted octanol–water partition coefficient (Wildman–Crippen LogP) is 4.29. The number of nitriles is 1. The van der Waals surface area contributed by atoms with Crippen molar-refractivity contribution >= 4 is 21.6 Å². The van der Waals surface area contributed by atoms with E-state index in [9.17, 15) is 18.8 Å². The summed E-state index contributed by atoms with van der Waals surface area (Å²) in [5.41, 5.74) is 2.55. The van der Waals surface area contributed by atoms with E-state index in [1.54, 1.807) is 36.7 Å². The molecule has 1 aromatic carbocycles. The molecule has 4 nitrogen and oxygen atoms in total. The number of hydrogen-bond acceptors (Lipinski definition) is 4. The lowest BCUT2D eigenvalue weighted by atomic mass is 10.0. The maximum Gasteiger partial charge on any atom is 0.308 e. The molecule has 0 saturated carbocycles. The molecule has 3 aromatic rings. The monoisotopic (exact) mass is 359 g/mol. The van der Waals surface area contributed by atoms with Crippen LogP contribution in [0, 0.1) is 17.2 Å². The largest absolute Gasteiger partial charge is 0.308 e. The molecule has 0 amide bonds. The maximum atomic E-state index is 13.5. The summed E-state index contributed by atoms with van der Waals surface area (Å²) in [5.74, 6) is -3.81. The molecule has 0 N–H and O–H groups in total. The van der Waals surface area contributed by atoms with E-state index in [1.807, 2.05) is 0 Å². The van der Waals surface area contributed by atoms with Gasteiger partial charge in [-0.15, -0.1) is 0 Å². The number of nitrogens with zero attached hydrogens (tertiary/aromatic N) is 3. The van der Waals surface area contributed by atoms with E-state index in [4.69, 9.17) is 0 Å². The number of thiazole rings is 1. The lowest BCUT2D eigenvalue weighted by Gasteiger charge is -2.19. The molecule has 0 aliphatic heterocycles. The highest BCUT2D eigenvalue weighted by molar-refractivity contribution is 7.16. The van der Waals surface area contributed by atoms with Crippen molar-refractivity contribution in [3.05, 3.63) is 51.9 Å². The van der Waals surface area contributed by atoms with Crippen LogP contribution < -0.4 is 4.87 Å². The normalized spacial score (nSPS) is 12.9. The summed E-state index contributed by atoms with van der Waals surface area (Å²) in [5, 5.41) is 9.22. The Labute approximate surface area is 147 Å². The Morgan fingerprint density at radius 1 is 1.40 bits per heavy atom. The smallest absolute Gasteiger partial charge is 0.298 e. The number of fused-ring (bicyclic) bond motifs is 1. The SMILES string of the molecule is CC(Cn1c(=O)sc2cc(-c3cnccc3C#N)ccc21)C(C)(F)F. The molecule has 0 aliphatic rings. The van der Waals surface area contributed by atoms with Gasteiger partial charge in [-0.05, 0) is 30.7 Å². The van der Waals surface area contributed by atoms with Crippen molar-refractivity contribution in [2.45, 2.75) is 26.3 Å². The molecule has 1 atom stereocenters. The number of halogens is 2. The van der Waals surface area contributed by atoms with E-state index in [0.29, 0.717) is 21.3 Å². The van der Waals surface area contributed by atoms with Gasteiger partial charge < -0.3 is 0 Å². The van der Waals surface area contributed by atoms with Crippen LogP contribution in [0.5, 0.6) is 0 Å². The fourth-order valence-corrected chi connectivity index (χ4v) is 3.50. The van der Waals surface area contributed by atoms with Crippen LogP contribution in [-0.2, 0) is 6.54 Å². The summed E-state index contributed by atoms with van der Waals surface area (Å²) in [6.45, 7) is 2.25. The zero-order chi connectivity index (χ0) is 18.2. The van der Waals surface area contributed by atoms with Crippen LogP contribution in [0.2, 0.25) is 0 Å². The van der Waals surface area contributed by atoms with Crippen LogP contribution in [0.3, 0.4) is 0 Å². The zero-order valence-electron chi connectivity index (χ0n) is 13.7. The summed E-state index contributed by atoms with van der Waals surface area (Å²) >= 11 is 1.01. The number of rotatable bonds is 4. The average Bonchev–Trinajstić information content (AvgIpc) is 2.88. The van der Waals surface area contributed by atoms with Gasteiger partial charge in [-0.1, -0.05) is 24.3 Å². The number of benzene rings is 1. The Kier molecular flexibility index (Phi) is 4.39. The highest BCUT2D eigenvalue weighted by Gasteiger charge is 2.31.